The summed E-state index contributed by atoms with van der Waals surface area (Å²) in [7, 11) is 0. The van der Waals surface area contributed by atoms with E-state index < -0.39 is 5.54 Å². The van der Waals surface area contributed by atoms with Gasteiger partial charge in [0.1, 0.15) is 0 Å². The molecule has 0 bridgehead atoms. The van der Waals surface area contributed by atoms with E-state index in [1.54, 1.807) is 12.5 Å². The highest BCUT2D eigenvalue weighted by Gasteiger charge is 2.29. The molecule has 1 amide bonds. The number of nitrogens with zero attached hydrogens (tertiary/aromatic N) is 2. The summed E-state index contributed by atoms with van der Waals surface area (Å²) in [6.07, 6.45) is 7.88. The minimum absolute atomic E-state index is 0.0504. The molecule has 20 heavy (non-hydrogen) atoms. The second-order valence-corrected chi connectivity index (χ2v) is 5.15. The standard InChI is InChI=1S/C14H25N3O3/c1-3-5-12(17-7-6-15-11-17)8-13(20)16-14(4-2,9-18)10-19/h6-7,11-12,18-19H,3-5,8-10H2,1-2H3,(H,16,20). The van der Waals surface area contributed by atoms with Gasteiger partial charge in [-0.2, -0.15) is 0 Å². The fourth-order valence-corrected chi connectivity index (χ4v) is 2.18. The molecule has 114 valence electrons. The van der Waals surface area contributed by atoms with Crippen molar-refractivity contribution >= 4 is 5.91 Å². The number of aliphatic hydroxyl groups excluding tert-OH is 2. The molecule has 0 fully saturated rings. The lowest BCUT2D eigenvalue weighted by atomic mass is 9.97. The Balaban J connectivity index is 2.67. The van der Waals surface area contributed by atoms with Crippen LogP contribution < -0.4 is 5.32 Å². The van der Waals surface area contributed by atoms with E-state index in [9.17, 15) is 15.0 Å². The van der Waals surface area contributed by atoms with Crippen molar-refractivity contribution in [3.8, 4) is 0 Å². The van der Waals surface area contributed by atoms with Crippen molar-refractivity contribution in [2.45, 2.75) is 51.1 Å². The molecular formula is C14H25N3O3. The van der Waals surface area contributed by atoms with Gasteiger partial charge in [-0.3, -0.25) is 4.79 Å². The third-order valence-electron chi connectivity index (χ3n) is 3.68. The summed E-state index contributed by atoms with van der Waals surface area (Å²) in [6, 6.07) is 0.0504. The van der Waals surface area contributed by atoms with E-state index in [4.69, 9.17) is 0 Å². The first-order chi connectivity index (χ1) is 9.60. The molecule has 1 heterocycles. The summed E-state index contributed by atoms with van der Waals surface area (Å²) in [5.41, 5.74) is -0.928. The fraction of sp³-hybridized carbons (Fsp3) is 0.714. The summed E-state index contributed by atoms with van der Waals surface area (Å²) in [5.74, 6) is -0.165. The van der Waals surface area contributed by atoms with Gasteiger partial charge in [0, 0.05) is 24.9 Å². The van der Waals surface area contributed by atoms with Crippen LogP contribution in [0.1, 0.15) is 45.6 Å². The molecule has 1 unspecified atom stereocenters. The van der Waals surface area contributed by atoms with Crippen molar-refractivity contribution in [2.75, 3.05) is 13.2 Å². The molecule has 0 saturated heterocycles. The molecule has 0 aliphatic rings. The zero-order valence-electron chi connectivity index (χ0n) is 12.2. The lowest BCUT2D eigenvalue weighted by molar-refractivity contribution is -0.125. The molecule has 0 spiro atoms. The number of aliphatic hydroxyl groups is 2. The van der Waals surface area contributed by atoms with Gasteiger partial charge in [0.05, 0.1) is 25.1 Å². The quantitative estimate of drug-likeness (QED) is 0.627. The largest absolute Gasteiger partial charge is 0.394 e. The van der Waals surface area contributed by atoms with Gasteiger partial charge in [0.2, 0.25) is 5.91 Å². The van der Waals surface area contributed by atoms with Gasteiger partial charge in [0.15, 0.2) is 0 Å². The van der Waals surface area contributed by atoms with Crippen molar-refractivity contribution in [3.63, 3.8) is 0 Å². The number of hydrogen-bond acceptors (Lipinski definition) is 4. The van der Waals surface area contributed by atoms with Gasteiger partial charge in [-0.05, 0) is 12.8 Å². The van der Waals surface area contributed by atoms with Gasteiger partial charge >= 0.3 is 0 Å². The van der Waals surface area contributed by atoms with Crippen molar-refractivity contribution in [1.82, 2.24) is 14.9 Å². The molecule has 1 aromatic heterocycles. The van der Waals surface area contributed by atoms with Gasteiger partial charge in [-0.15, -0.1) is 0 Å². The summed E-state index contributed by atoms with van der Waals surface area (Å²) < 4.78 is 1.93. The first-order valence-corrected chi connectivity index (χ1v) is 7.11. The van der Waals surface area contributed by atoms with Crippen LogP contribution in [0.25, 0.3) is 0 Å². The number of amides is 1. The maximum absolute atomic E-state index is 12.1. The van der Waals surface area contributed by atoms with Crippen LogP contribution in [0, 0.1) is 0 Å². The molecule has 6 heteroatoms. The molecule has 6 nitrogen and oxygen atoms in total. The normalized spacial score (nSPS) is 13.2. The average Bonchev–Trinajstić information content (AvgIpc) is 2.98. The smallest absolute Gasteiger partial charge is 0.222 e. The lowest BCUT2D eigenvalue weighted by Crippen LogP contribution is -2.54. The summed E-state index contributed by atoms with van der Waals surface area (Å²) in [5, 5.41) is 21.5. The van der Waals surface area contributed by atoms with E-state index in [2.05, 4.69) is 17.2 Å². The van der Waals surface area contributed by atoms with E-state index in [1.165, 1.54) is 0 Å². The van der Waals surface area contributed by atoms with Crippen molar-refractivity contribution in [1.29, 1.82) is 0 Å². The molecule has 1 atom stereocenters. The number of rotatable bonds is 9. The van der Waals surface area contributed by atoms with Gasteiger partial charge < -0.3 is 20.1 Å². The van der Waals surface area contributed by atoms with E-state index >= 15 is 0 Å². The number of carbonyl (C=O) groups excluding carboxylic acids is 1. The highest BCUT2D eigenvalue weighted by atomic mass is 16.3. The second kappa shape index (κ2) is 8.01. The van der Waals surface area contributed by atoms with Crippen LogP contribution in [0.4, 0.5) is 0 Å². The molecular weight excluding hydrogens is 258 g/mol. The topological polar surface area (TPSA) is 87.4 Å². The van der Waals surface area contributed by atoms with E-state index in [1.807, 2.05) is 17.7 Å². The van der Waals surface area contributed by atoms with E-state index in [0.29, 0.717) is 12.8 Å². The average molecular weight is 283 g/mol. The van der Waals surface area contributed by atoms with Gasteiger partial charge in [-0.1, -0.05) is 20.3 Å². The van der Waals surface area contributed by atoms with Crippen LogP contribution in [0.3, 0.4) is 0 Å². The SMILES string of the molecule is CCCC(CC(=O)NC(CC)(CO)CO)n1ccnc1. The maximum atomic E-state index is 12.1. The number of imidazole rings is 1. The van der Waals surface area contributed by atoms with Gasteiger partial charge in [-0.25, -0.2) is 4.98 Å². The van der Waals surface area contributed by atoms with Crippen LogP contribution in [0.5, 0.6) is 0 Å². The Morgan fingerprint density at radius 1 is 1.40 bits per heavy atom. The predicted octanol–water partition coefficient (Wildman–Crippen LogP) is 0.864. The molecule has 1 aromatic rings. The van der Waals surface area contributed by atoms with E-state index in [0.717, 1.165) is 12.8 Å². The van der Waals surface area contributed by atoms with Crippen LogP contribution in [-0.2, 0) is 4.79 Å². The number of carbonyl (C=O) groups is 1. The van der Waals surface area contributed by atoms with Crippen LogP contribution in [0.2, 0.25) is 0 Å². The zero-order valence-corrected chi connectivity index (χ0v) is 12.2. The Bertz CT molecular complexity index is 380. The van der Waals surface area contributed by atoms with Crippen LogP contribution in [0.15, 0.2) is 18.7 Å². The molecule has 0 aliphatic carbocycles. The highest BCUT2D eigenvalue weighted by Crippen LogP contribution is 2.19. The Morgan fingerprint density at radius 2 is 2.10 bits per heavy atom. The van der Waals surface area contributed by atoms with Crippen molar-refractivity contribution in [2.24, 2.45) is 0 Å². The van der Waals surface area contributed by atoms with Crippen molar-refractivity contribution < 1.29 is 15.0 Å². The summed E-state index contributed by atoms with van der Waals surface area (Å²) in [6.45, 7) is 3.36. The predicted molar refractivity (Wildman–Crippen MR) is 76.1 cm³/mol. The fourth-order valence-electron chi connectivity index (χ4n) is 2.18. The third-order valence-corrected chi connectivity index (χ3v) is 3.68. The van der Waals surface area contributed by atoms with Gasteiger partial charge in [0.25, 0.3) is 0 Å². The number of nitrogens with one attached hydrogen (secondary N) is 1. The Kier molecular flexibility index (Phi) is 6.67. The van der Waals surface area contributed by atoms with E-state index in [-0.39, 0.29) is 25.2 Å². The molecule has 0 aliphatic heterocycles. The first kappa shape index (κ1) is 16.7. The monoisotopic (exact) mass is 283 g/mol. The number of aromatic nitrogens is 2. The van der Waals surface area contributed by atoms with Crippen LogP contribution >= 0.6 is 0 Å². The van der Waals surface area contributed by atoms with Crippen molar-refractivity contribution in [3.05, 3.63) is 18.7 Å². The Morgan fingerprint density at radius 3 is 2.55 bits per heavy atom. The minimum Gasteiger partial charge on any atom is -0.394 e. The van der Waals surface area contributed by atoms with Crippen LogP contribution in [-0.4, -0.2) is 44.4 Å². The highest BCUT2D eigenvalue weighted by molar-refractivity contribution is 5.77. The lowest BCUT2D eigenvalue weighted by Gasteiger charge is -2.30. The molecule has 3 N–H and O–H groups in total. The summed E-state index contributed by atoms with van der Waals surface area (Å²) in [4.78, 5) is 16.2. The molecule has 0 saturated carbocycles. The first-order valence-electron chi connectivity index (χ1n) is 7.11. The molecule has 0 aromatic carbocycles. The minimum atomic E-state index is -0.928. The maximum Gasteiger partial charge on any atom is 0.222 e. The Hall–Kier alpha value is -1.40. The Labute approximate surface area is 119 Å². The molecule has 0 radical (unpaired) electrons. The third kappa shape index (κ3) is 4.31. The zero-order chi connectivity index (χ0) is 15.0. The summed E-state index contributed by atoms with van der Waals surface area (Å²) >= 11 is 0. The number of hydrogen-bond donors (Lipinski definition) is 3. The molecule has 1 rings (SSSR count). The second-order valence-electron chi connectivity index (χ2n) is 5.15.